The smallest absolute Gasteiger partial charge is 0.164 e. The number of benzene rings is 1. The molecule has 0 saturated heterocycles. The van der Waals surface area contributed by atoms with Crippen molar-refractivity contribution in [3.05, 3.63) is 30.3 Å². The van der Waals surface area contributed by atoms with Crippen LogP contribution in [0.5, 0.6) is 5.75 Å². The highest BCUT2D eigenvalue weighted by atomic mass is 16.5. The van der Waals surface area contributed by atoms with Gasteiger partial charge in [0, 0.05) is 13.1 Å². The lowest BCUT2D eigenvalue weighted by Crippen LogP contribution is -2.48. The number of nitrogens with zero attached hydrogens (tertiary/aromatic N) is 1. The molecular formula is C13H22N2O. The topological polar surface area (TPSA) is 24.5 Å². The van der Waals surface area contributed by atoms with E-state index in [1.165, 1.54) is 0 Å². The van der Waals surface area contributed by atoms with Crippen molar-refractivity contribution in [2.75, 3.05) is 13.1 Å². The van der Waals surface area contributed by atoms with E-state index in [4.69, 9.17) is 4.74 Å². The predicted molar refractivity (Wildman–Crippen MR) is 67.2 cm³/mol. The highest BCUT2D eigenvalue weighted by Crippen LogP contribution is 2.13. The van der Waals surface area contributed by atoms with Crippen molar-refractivity contribution in [2.45, 2.75) is 33.4 Å². The second-order valence-corrected chi connectivity index (χ2v) is 3.59. The van der Waals surface area contributed by atoms with E-state index < -0.39 is 0 Å². The molecule has 0 radical (unpaired) electrons. The van der Waals surface area contributed by atoms with Gasteiger partial charge in [0.15, 0.2) is 6.23 Å². The maximum atomic E-state index is 5.93. The molecule has 0 bridgehead atoms. The number of ether oxygens (including phenoxy) is 1. The summed E-state index contributed by atoms with van der Waals surface area (Å²) < 4.78 is 5.93. The summed E-state index contributed by atoms with van der Waals surface area (Å²) in [5, 5.41) is 2.13. The van der Waals surface area contributed by atoms with E-state index in [1.54, 1.807) is 0 Å². The number of rotatable bonds is 7. The SMILES string of the molecule is CCNN(CC)C(CC)Oc1ccccc1. The van der Waals surface area contributed by atoms with Gasteiger partial charge in [0.2, 0.25) is 0 Å². The number of hydrazine groups is 1. The highest BCUT2D eigenvalue weighted by molar-refractivity contribution is 5.21. The number of nitrogens with one attached hydrogen (secondary N) is 1. The fourth-order valence-electron chi connectivity index (χ4n) is 1.64. The number of hydrogen-bond donors (Lipinski definition) is 1. The molecule has 0 aliphatic heterocycles. The van der Waals surface area contributed by atoms with Gasteiger partial charge in [-0.15, -0.1) is 0 Å². The first-order valence-corrected chi connectivity index (χ1v) is 6.03. The van der Waals surface area contributed by atoms with Crippen molar-refractivity contribution in [2.24, 2.45) is 0 Å². The van der Waals surface area contributed by atoms with E-state index in [0.29, 0.717) is 0 Å². The summed E-state index contributed by atoms with van der Waals surface area (Å²) in [5.41, 5.74) is 3.31. The van der Waals surface area contributed by atoms with Crippen LogP contribution in [0.4, 0.5) is 0 Å². The van der Waals surface area contributed by atoms with Gasteiger partial charge in [-0.1, -0.05) is 39.0 Å². The Hall–Kier alpha value is -1.06. The molecular weight excluding hydrogens is 200 g/mol. The summed E-state index contributed by atoms with van der Waals surface area (Å²) in [5.74, 6) is 0.922. The number of hydrogen-bond acceptors (Lipinski definition) is 3. The first kappa shape index (κ1) is 13.0. The maximum Gasteiger partial charge on any atom is 0.164 e. The summed E-state index contributed by atoms with van der Waals surface area (Å²) in [7, 11) is 0. The Morgan fingerprint density at radius 3 is 2.38 bits per heavy atom. The van der Waals surface area contributed by atoms with Gasteiger partial charge in [-0.05, 0) is 18.6 Å². The zero-order chi connectivity index (χ0) is 11.8. The van der Waals surface area contributed by atoms with Crippen LogP contribution in [0.3, 0.4) is 0 Å². The van der Waals surface area contributed by atoms with Gasteiger partial charge in [-0.25, -0.2) is 5.01 Å². The Labute approximate surface area is 98.4 Å². The van der Waals surface area contributed by atoms with Crippen molar-refractivity contribution in [1.29, 1.82) is 0 Å². The summed E-state index contributed by atoms with van der Waals surface area (Å²) in [4.78, 5) is 0. The van der Waals surface area contributed by atoms with E-state index in [1.807, 2.05) is 30.3 Å². The van der Waals surface area contributed by atoms with Gasteiger partial charge in [-0.3, -0.25) is 5.43 Å². The third-order valence-corrected chi connectivity index (χ3v) is 2.41. The fraction of sp³-hybridized carbons (Fsp3) is 0.538. The molecule has 0 spiro atoms. The van der Waals surface area contributed by atoms with Crippen molar-refractivity contribution < 1.29 is 4.74 Å². The molecule has 1 rings (SSSR count). The van der Waals surface area contributed by atoms with Gasteiger partial charge in [0.1, 0.15) is 5.75 Å². The van der Waals surface area contributed by atoms with Gasteiger partial charge in [0.25, 0.3) is 0 Å². The zero-order valence-corrected chi connectivity index (χ0v) is 10.4. The van der Waals surface area contributed by atoms with E-state index in [0.717, 1.165) is 25.3 Å². The van der Waals surface area contributed by atoms with Gasteiger partial charge >= 0.3 is 0 Å². The molecule has 1 unspecified atom stereocenters. The first-order chi connectivity index (χ1) is 7.81. The van der Waals surface area contributed by atoms with Crippen LogP contribution < -0.4 is 10.2 Å². The quantitative estimate of drug-likeness (QED) is 0.567. The third-order valence-electron chi connectivity index (χ3n) is 2.41. The minimum absolute atomic E-state index is 0.0901. The van der Waals surface area contributed by atoms with E-state index in [2.05, 4.69) is 31.2 Å². The molecule has 3 nitrogen and oxygen atoms in total. The van der Waals surface area contributed by atoms with Crippen LogP contribution in [-0.2, 0) is 0 Å². The van der Waals surface area contributed by atoms with Crippen molar-refractivity contribution in [1.82, 2.24) is 10.4 Å². The lowest BCUT2D eigenvalue weighted by Gasteiger charge is -2.30. The predicted octanol–water partition coefficient (Wildman–Crippen LogP) is 2.65. The molecule has 0 aromatic heterocycles. The van der Waals surface area contributed by atoms with Crippen LogP contribution in [0.1, 0.15) is 27.2 Å². The molecule has 1 aromatic rings. The van der Waals surface area contributed by atoms with E-state index >= 15 is 0 Å². The zero-order valence-electron chi connectivity index (χ0n) is 10.4. The molecule has 3 heteroatoms. The molecule has 1 atom stereocenters. The molecule has 0 amide bonds. The largest absolute Gasteiger partial charge is 0.474 e. The standard InChI is InChI=1S/C13H22N2O/c1-4-13(15(6-3)14-5-2)16-12-10-8-7-9-11-12/h7-11,13-14H,4-6H2,1-3H3. The normalized spacial score (nSPS) is 12.8. The minimum atomic E-state index is 0.0901. The molecule has 1 aromatic carbocycles. The van der Waals surface area contributed by atoms with Crippen molar-refractivity contribution in [3.63, 3.8) is 0 Å². The van der Waals surface area contributed by atoms with Crippen LogP contribution in [0.15, 0.2) is 30.3 Å². The summed E-state index contributed by atoms with van der Waals surface area (Å²) in [6, 6.07) is 9.96. The Morgan fingerprint density at radius 1 is 1.19 bits per heavy atom. The molecule has 1 N–H and O–H groups in total. The lowest BCUT2D eigenvalue weighted by molar-refractivity contribution is -0.0103. The van der Waals surface area contributed by atoms with E-state index in [-0.39, 0.29) is 6.23 Å². The molecule has 0 fully saturated rings. The Bertz CT molecular complexity index is 277. The summed E-state index contributed by atoms with van der Waals surface area (Å²) in [6.07, 6.45) is 1.04. The monoisotopic (exact) mass is 222 g/mol. The second-order valence-electron chi connectivity index (χ2n) is 3.59. The summed E-state index contributed by atoms with van der Waals surface area (Å²) >= 11 is 0. The minimum Gasteiger partial charge on any atom is -0.474 e. The fourth-order valence-corrected chi connectivity index (χ4v) is 1.64. The van der Waals surface area contributed by atoms with Crippen molar-refractivity contribution >= 4 is 0 Å². The lowest BCUT2D eigenvalue weighted by atomic mass is 10.3. The number of para-hydroxylation sites is 1. The van der Waals surface area contributed by atoms with Crippen LogP contribution >= 0.6 is 0 Å². The Morgan fingerprint density at radius 2 is 1.88 bits per heavy atom. The first-order valence-electron chi connectivity index (χ1n) is 6.03. The molecule has 0 aliphatic rings. The van der Waals surface area contributed by atoms with Crippen LogP contribution in [0.25, 0.3) is 0 Å². The van der Waals surface area contributed by atoms with Crippen LogP contribution in [0.2, 0.25) is 0 Å². The average molecular weight is 222 g/mol. The molecule has 0 heterocycles. The Kier molecular flexibility index (Phi) is 5.90. The van der Waals surface area contributed by atoms with Crippen LogP contribution in [0, 0.1) is 0 Å². The third kappa shape index (κ3) is 3.83. The van der Waals surface area contributed by atoms with Gasteiger partial charge < -0.3 is 4.74 Å². The molecule has 90 valence electrons. The maximum absolute atomic E-state index is 5.93. The van der Waals surface area contributed by atoms with Gasteiger partial charge in [0.05, 0.1) is 0 Å². The molecule has 0 aliphatic carbocycles. The second kappa shape index (κ2) is 7.25. The highest BCUT2D eigenvalue weighted by Gasteiger charge is 2.15. The average Bonchev–Trinajstić information content (AvgIpc) is 2.35. The van der Waals surface area contributed by atoms with Crippen molar-refractivity contribution in [3.8, 4) is 5.75 Å². The molecule has 16 heavy (non-hydrogen) atoms. The van der Waals surface area contributed by atoms with Gasteiger partial charge in [-0.2, -0.15) is 0 Å². The van der Waals surface area contributed by atoms with E-state index in [9.17, 15) is 0 Å². The molecule has 0 saturated carbocycles. The van der Waals surface area contributed by atoms with Crippen LogP contribution in [-0.4, -0.2) is 24.3 Å². The summed E-state index contributed by atoms with van der Waals surface area (Å²) in [6.45, 7) is 8.20. The Balaban J connectivity index is 2.60.